The number of nitrogens with one attached hydrogen (secondary N) is 2. The third-order valence-electron chi connectivity index (χ3n) is 0.412. The molecule has 3 N–H and O–H groups in total. The van der Waals surface area contributed by atoms with Gasteiger partial charge in [0.05, 0.1) is 6.26 Å². The minimum Gasteiger partial charge on any atom is -0.514 e. The normalized spacial score (nSPS) is 9.14. The zero-order chi connectivity index (χ0) is 5.54. The zero-order valence-electron chi connectivity index (χ0n) is 3.89. The van der Waals surface area contributed by atoms with Crippen molar-refractivity contribution >= 4 is 6.21 Å². The van der Waals surface area contributed by atoms with Crippen LogP contribution < -0.4 is 5.32 Å². The number of aliphatic hydroxyl groups is 1. The van der Waals surface area contributed by atoms with Crippen molar-refractivity contribution < 1.29 is 5.11 Å². The monoisotopic (exact) mass is 100 g/mol. The van der Waals surface area contributed by atoms with Crippen LogP contribution in [-0.4, -0.2) is 17.9 Å². The molecule has 3 heteroatoms. The van der Waals surface area contributed by atoms with Crippen LogP contribution in [0.3, 0.4) is 0 Å². The molecule has 0 aliphatic heterocycles. The first-order valence-corrected chi connectivity index (χ1v) is 1.93. The fraction of sp³-hybridized carbons (Fsp3) is 0.250. The van der Waals surface area contributed by atoms with Crippen molar-refractivity contribution in [3.8, 4) is 0 Å². The highest BCUT2D eigenvalue weighted by molar-refractivity contribution is 5.55. The minimum atomic E-state index is 0.469. The first-order valence-electron chi connectivity index (χ1n) is 1.93. The smallest absolute Gasteiger partial charge is 0.0948 e. The standard InChI is InChI=1S/C4H8N2O/c5-1-2-6-3-4-7/h1,3-7H,2H2/b4-3+,5-1?. The molecular formula is C4H8N2O. The Morgan fingerprint density at radius 2 is 2.43 bits per heavy atom. The number of hydrogen-bond donors (Lipinski definition) is 3. The second-order valence-electron chi connectivity index (χ2n) is 0.928. The molecule has 0 aromatic heterocycles. The molecule has 7 heavy (non-hydrogen) atoms. The van der Waals surface area contributed by atoms with Crippen LogP contribution in [0.4, 0.5) is 0 Å². The van der Waals surface area contributed by atoms with Crippen LogP contribution in [0.5, 0.6) is 0 Å². The second kappa shape index (κ2) is 5.01. The van der Waals surface area contributed by atoms with E-state index in [-0.39, 0.29) is 0 Å². The molecule has 0 aromatic rings. The Balaban J connectivity index is 2.82. The highest BCUT2D eigenvalue weighted by Crippen LogP contribution is 1.54. The summed E-state index contributed by atoms with van der Waals surface area (Å²) in [5.74, 6) is 0. The first-order chi connectivity index (χ1) is 3.41. The average Bonchev–Trinajstić information content (AvgIpc) is 1.69. The fourth-order valence-electron chi connectivity index (χ4n) is 0.180. The summed E-state index contributed by atoms with van der Waals surface area (Å²) >= 11 is 0. The number of rotatable bonds is 3. The fourth-order valence-corrected chi connectivity index (χ4v) is 0.180. The van der Waals surface area contributed by atoms with Gasteiger partial charge in [-0.15, -0.1) is 0 Å². The van der Waals surface area contributed by atoms with E-state index in [0.717, 1.165) is 6.26 Å². The summed E-state index contributed by atoms with van der Waals surface area (Å²) in [7, 11) is 0. The van der Waals surface area contributed by atoms with Crippen LogP contribution in [0.15, 0.2) is 12.5 Å². The van der Waals surface area contributed by atoms with E-state index in [0.29, 0.717) is 6.54 Å². The molecule has 0 atom stereocenters. The van der Waals surface area contributed by atoms with Crippen LogP contribution in [0.25, 0.3) is 0 Å². The number of aliphatic hydroxyl groups excluding tert-OH is 1. The SMILES string of the molecule is N=CCN/C=C/O. The van der Waals surface area contributed by atoms with Crippen LogP contribution in [-0.2, 0) is 0 Å². The molecular weight excluding hydrogens is 92.1 g/mol. The molecule has 0 spiro atoms. The Hall–Kier alpha value is -0.990. The van der Waals surface area contributed by atoms with Gasteiger partial charge in [-0.3, -0.25) is 0 Å². The molecule has 3 nitrogen and oxygen atoms in total. The summed E-state index contributed by atoms with van der Waals surface area (Å²) in [6, 6.07) is 0. The molecule has 0 amide bonds. The van der Waals surface area contributed by atoms with E-state index in [4.69, 9.17) is 10.5 Å². The van der Waals surface area contributed by atoms with E-state index < -0.39 is 0 Å². The molecule has 0 rings (SSSR count). The lowest BCUT2D eigenvalue weighted by Gasteiger charge is -1.86. The predicted molar refractivity (Wildman–Crippen MR) is 28.6 cm³/mol. The summed E-state index contributed by atoms with van der Waals surface area (Å²) in [6.45, 7) is 0.469. The summed E-state index contributed by atoms with van der Waals surface area (Å²) in [4.78, 5) is 0. The topological polar surface area (TPSA) is 56.1 Å². The van der Waals surface area contributed by atoms with Crippen LogP contribution in [0, 0.1) is 5.41 Å². The Morgan fingerprint density at radius 3 is 2.86 bits per heavy atom. The van der Waals surface area contributed by atoms with E-state index in [1.807, 2.05) is 0 Å². The van der Waals surface area contributed by atoms with Gasteiger partial charge in [0.2, 0.25) is 0 Å². The summed E-state index contributed by atoms with van der Waals surface area (Å²) in [5, 5.41) is 17.1. The van der Waals surface area contributed by atoms with Gasteiger partial charge in [-0.25, -0.2) is 0 Å². The molecule has 0 saturated carbocycles. The Kier molecular flexibility index (Phi) is 4.30. The van der Waals surface area contributed by atoms with Gasteiger partial charge in [-0.05, 0) is 0 Å². The quantitative estimate of drug-likeness (QED) is 0.270. The maximum absolute atomic E-state index is 7.97. The van der Waals surface area contributed by atoms with Crippen LogP contribution in [0.2, 0.25) is 0 Å². The highest BCUT2D eigenvalue weighted by Gasteiger charge is 1.65. The van der Waals surface area contributed by atoms with E-state index in [1.165, 1.54) is 12.4 Å². The maximum Gasteiger partial charge on any atom is 0.0948 e. The maximum atomic E-state index is 7.97. The van der Waals surface area contributed by atoms with E-state index in [2.05, 4.69) is 5.32 Å². The van der Waals surface area contributed by atoms with Crippen molar-refractivity contribution in [3.05, 3.63) is 12.5 Å². The van der Waals surface area contributed by atoms with Crippen molar-refractivity contribution in [2.24, 2.45) is 0 Å². The lowest BCUT2D eigenvalue weighted by Crippen LogP contribution is -2.06. The van der Waals surface area contributed by atoms with Gasteiger partial charge in [0, 0.05) is 19.0 Å². The highest BCUT2D eigenvalue weighted by atomic mass is 16.2. The Morgan fingerprint density at radius 1 is 1.71 bits per heavy atom. The van der Waals surface area contributed by atoms with Gasteiger partial charge in [-0.2, -0.15) is 0 Å². The third kappa shape index (κ3) is 5.01. The molecule has 0 aromatic carbocycles. The van der Waals surface area contributed by atoms with E-state index in [9.17, 15) is 0 Å². The molecule has 0 saturated heterocycles. The largest absolute Gasteiger partial charge is 0.514 e. The molecule has 0 aliphatic rings. The molecule has 0 fully saturated rings. The third-order valence-corrected chi connectivity index (χ3v) is 0.412. The number of hydrogen-bond acceptors (Lipinski definition) is 3. The van der Waals surface area contributed by atoms with Gasteiger partial charge < -0.3 is 15.8 Å². The van der Waals surface area contributed by atoms with E-state index in [1.54, 1.807) is 0 Å². The van der Waals surface area contributed by atoms with E-state index >= 15 is 0 Å². The lowest BCUT2D eigenvalue weighted by molar-refractivity contribution is 0.469. The zero-order valence-corrected chi connectivity index (χ0v) is 3.89. The molecule has 0 aliphatic carbocycles. The minimum absolute atomic E-state index is 0.469. The van der Waals surface area contributed by atoms with Crippen molar-refractivity contribution in [3.63, 3.8) is 0 Å². The molecule has 0 heterocycles. The Bertz CT molecular complexity index is 70.1. The van der Waals surface area contributed by atoms with Crippen molar-refractivity contribution in [2.45, 2.75) is 0 Å². The van der Waals surface area contributed by atoms with Gasteiger partial charge in [0.15, 0.2) is 0 Å². The summed E-state index contributed by atoms with van der Waals surface area (Å²) in [5.41, 5.74) is 0. The van der Waals surface area contributed by atoms with Crippen molar-refractivity contribution in [2.75, 3.05) is 6.54 Å². The van der Waals surface area contributed by atoms with Crippen LogP contribution in [0.1, 0.15) is 0 Å². The predicted octanol–water partition coefficient (Wildman–Crippen LogP) is 0.255. The van der Waals surface area contributed by atoms with Crippen molar-refractivity contribution in [1.82, 2.24) is 5.32 Å². The lowest BCUT2D eigenvalue weighted by atomic mass is 10.7. The average molecular weight is 100 g/mol. The van der Waals surface area contributed by atoms with Crippen molar-refractivity contribution in [1.29, 1.82) is 5.41 Å². The van der Waals surface area contributed by atoms with Gasteiger partial charge >= 0.3 is 0 Å². The van der Waals surface area contributed by atoms with Gasteiger partial charge in [0.1, 0.15) is 0 Å². The second-order valence-corrected chi connectivity index (χ2v) is 0.928. The van der Waals surface area contributed by atoms with Gasteiger partial charge in [0.25, 0.3) is 0 Å². The van der Waals surface area contributed by atoms with Gasteiger partial charge in [-0.1, -0.05) is 0 Å². The molecule has 0 radical (unpaired) electrons. The van der Waals surface area contributed by atoms with Crippen LogP contribution >= 0.6 is 0 Å². The molecule has 0 unspecified atom stereocenters. The Labute approximate surface area is 42.2 Å². The summed E-state index contributed by atoms with van der Waals surface area (Å²) in [6.07, 6.45) is 3.47. The summed E-state index contributed by atoms with van der Waals surface area (Å²) < 4.78 is 0. The molecule has 0 bridgehead atoms. The first kappa shape index (κ1) is 6.01. The molecule has 40 valence electrons.